The Morgan fingerprint density at radius 3 is 3.33 bits per heavy atom. The van der Waals surface area contributed by atoms with Crippen molar-refractivity contribution in [1.82, 2.24) is 0 Å². The topological polar surface area (TPSA) is 37.1 Å². The van der Waals surface area contributed by atoms with Gasteiger partial charge in [0.05, 0.1) is 11.9 Å². The molecule has 0 fully saturated rings. The van der Waals surface area contributed by atoms with E-state index >= 15 is 0 Å². The first-order valence-corrected chi connectivity index (χ1v) is 2.76. The third-order valence-corrected chi connectivity index (χ3v) is 1.30. The molecule has 0 spiro atoms. The van der Waals surface area contributed by atoms with Gasteiger partial charge in [0.15, 0.2) is 0 Å². The molecule has 1 atom stereocenters. The number of hydrogen-bond donors (Lipinski definition) is 0. The summed E-state index contributed by atoms with van der Waals surface area (Å²) in [5.41, 5.74) is 0.942. The van der Waals surface area contributed by atoms with Crippen molar-refractivity contribution in [3.63, 3.8) is 0 Å². The van der Waals surface area contributed by atoms with Gasteiger partial charge >= 0.3 is 0 Å². The molecule has 0 N–H and O–H groups in total. The molecule has 0 saturated carbocycles. The van der Waals surface area contributed by atoms with E-state index in [-0.39, 0.29) is 6.04 Å². The molecule has 0 aliphatic carbocycles. The maximum Gasteiger partial charge on any atom is 0.115 e. The van der Waals surface area contributed by atoms with Crippen LogP contribution in [-0.2, 0) is 0 Å². The molecule has 2 rings (SSSR count). The Labute approximate surface area is 52.5 Å². The van der Waals surface area contributed by atoms with Gasteiger partial charge in [-0.1, -0.05) is 0 Å². The first-order valence-electron chi connectivity index (χ1n) is 2.76. The molecule has 0 aromatic carbocycles. The van der Waals surface area contributed by atoms with Crippen LogP contribution in [0.15, 0.2) is 27.3 Å². The molecule has 44 valence electrons. The Balaban J connectivity index is 2.40. The second kappa shape index (κ2) is 1.62. The largest absolute Gasteiger partial charge is 0.263 e. The van der Waals surface area contributed by atoms with Crippen LogP contribution in [0, 0.1) is 0 Å². The second-order valence-corrected chi connectivity index (χ2v) is 1.88. The van der Waals surface area contributed by atoms with E-state index in [2.05, 4.69) is 15.0 Å². The molecule has 3 nitrogen and oxygen atoms in total. The fourth-order valence-electron chi connectivity index (χ4n) is 0.833. The minimum atomic E-state index is 0.155. The predicted octanol–water partition coefficient (Wildman–Crippen LogP) is 0.436. The van der Waals surface area contributed by atoms with Gasteiger partial charge in [-0.2, -0.15) is 0 Å². The van der Waals surface area contributed by atoms with Gasteiger partial charge in [-0.15, -0.1) is 0 Å². The lowest BCUT2D eigenvalue weighted by molar-refractivity contribution is 1.11. The summed E-state index contributed by atoms with van der Waals surface area (Å²) in [6.07, 6.45) is 6.97. The minimum Gasteiger partial charge on any atom is -0.263 e. The molecule has 9 heavy (non-hydrogen) atoms. The van der Waals surface area contributed by atoms with E-state index in [9.17, 15) is 0 Å². The lowest BCUT2D eigenvalue weighted by Gasteiger charge is -2.02. The number of nitrogens with zero attached hydrogens (tertiary/aromatic N) is 3. The van der Waals surface area contributed by atoms with Crippen LogP contribution in [0.2, 0.25) is 0 Å². The van der Waals surface area contributed by atoms with Gasteiger partial charge in [0, 0.05) is 6.20 Å². The van der Waals surface area contributed by atoms with Gasteiger partial charge in [-0.05, 0) is 6.08 Å². The van der Waals surface area contributed by atoms with E-state index in [1.54, 1.807) is 18.8 Å². The van der Waals surface area contributed by atoms with Crippen molar-refractivity contribution in [1.29, 1.82) is 0 Å². The van der Waals surface area contributed by atoms with Crippen LogP contribution in [0.25, 0.3) is 0 Å². The van der Waals surface area contributed by atoms with E-state index in [1.165, 1.54) is 0 Å². The molecular formula is C6H5N3. The zero-order valence-corrected chi connectivity index (χ0v) is 4.73. The summed E-state index contributed by atoms with van der Waals surface area (Å²) < 4.78 is 0. The van der Waals surface area contributed by atoms with Crippen LogP contribution in [0.1, 0.15) is 0 Å². The van der Waals surface area contributed by atoms with Crippen molar-refractivity contribution < 1.29 is 0 Å². The molecule has 2 heterocycles. The molecule has 0 aromatic rings. The van der Waals surface area contributed by atoms with Crippen molar-refractivity contribution >= 4 is 18.3 Å². The van der Waals surface area contributed by atoms with Crippen LogP contribution in [0.5, 0.6) is 0 Å². The van der Waals surface area contributed by atoms with Crippen LogP contribution < -0.4 is 0 Å². The number of hydrogen-bond acceptors (Lipinski definition) is 3. The van der Waals surface area contributed by atoms with Crippen molar-refractivity contribution in [3.05, 3.63) is 12.3 Å². The van der Waals surface area contributed by atoms with E-state index in [1.807, 2.05) is 6.08 Å². The van der Waals surface area contributed by atoms with E-state index < -0.39 is 0 Å². The van der Waals surface area contributed by atoms with E-state index in [0.717, 1.165) is 5.71 Å². The molecule has 0 amide bonds. The summed E-state index contributed by atoms with van der Waals surface area (Å²) in [5, 5.41) is 0. The molecule has 0 aromatic heterocycles. The highest BCUT2D eigenvalue weighted by Crippen LogP contribution is 2.05. The van der Waals surface area contributed by atoms with Gasteiger partial charge in [0.25, 0.3) is 0 Å². The average Bonchev–Trinajstić information content (AvgIpc) is 2.33. The van der Waals surface area contributed by atoms with E-state index in [0.29, 0.717) is 0 Å². The Morgan fingerprint density at radius 2 is 2.44 bits per heavy atom. The first-order chi connectivity index (χ1) is 4.47. The molecule has 0 saturated heterocycles. The monoisotopic (exact) mass is 119 g/mol. The molecule has 1 unspecified atom stereocenters. The normalized spacial score (nSPS) is 28.4. The zero-order chi connectivity index (χ0) is 6.10. The highest BCUT2D eigenvalue weighted by Gasteiger charge is 2.14. The van der Waals surface area contributed by atoms with Crippen LogP contribution >= 0.6 is 0 Å². The first kappa shape index (κ1) is 4.61. The number of fused-ring (bicyclic) bond motifs is 1. The maximum atomic E-state index is 4.05. The van der Waals surface area contributed by atoms with Crippen molar-refractivity contribution in [2.75, 3.05) is 0 Å². The summed E-state index contributed by atoms with van der Waals surface area (Å²) in [5.74, 6) is 0. The third-order valence-electron chi connectivity index (χ3n) is 1.30. The SMILES string of the molecule is C1=CC2N=CN=C2C=N1. The summed E-state index contributed by atoms with van der Waals surface area (Å²) in [6, 6.07) is 0.155. The quantitative estimate of drug-likeness (QED) is 0.443. The van der Waals surface area contributed by atoms with Crippen LogP contribution in [0.3, 0.4) is 0 Å². The Hall–Kier alpha value is -1.25. The molecular weight excluding hydrogens is 114 g/mol. The maximum absolute atomic E-state index is 4.05. The van der Waals surface area contributed by atoms with Gasteiger partial charge in [-0.3, -0.25) is 9.98 Å². The van der Waals surface area contributed by atoms with Crippen LogP contribution in [0.4, 0.5) is 0 Å². The zero-order valence-electron chi connectivity index (χ0n) is 4.73. The third kappa shape index (κ3) is 0.614. The molecule has 0 bridgehead atoms. The minimum absolute atomic E-state index is 0.155. The molecule has 0 radical (unpaired) electrons. The lowest BCUT2D eigenvalue weighted by Crippen LogP contribution is -2.15. The highest BCUT2D eigenvalue weighted by atomic mass is 15.0. The predicted molar refractivity (Wildman–Crippen MR) is 37.3 cm³/mol. The fraction of sp³-hybridized carbons (Fsp3) is 0.167. The molecule has 2 aliphatic rings. The summed E-state index contributed by atoms with van der Waals surface area (Å²) in [4.78, 5) is 11.9. The van der Waals surface area contributed by atoms with Crippen molar-refractivity contribution in [3.8, 4) is 0 Å². The standard InChI is InChI=1S/C6H5N3/c1-2-7-3-6-5(1)8-4-9-6/h1-5H. The number of rotatable bonds is 0. The van der Waals surface area contributed by atoms with Crippen molar-refractivity contribution in [2.45, 2.75) is 6.04 Å². The van der Waals surface area contributed by atoms with Crippen LogP contribution in [-0.4, -0.2) is 24.3 Å². The van der Waals surface area contributed by atoms with Gasteiger partial charge in [0.1, 0.15) is 12.4 Å². The second-order valence-electron chi connectivity index (χ2n) is 1.88. The Bertz CT molecular complexity index is 235. The summed E-state index contributed by atoms with van der Waals surface area (Å²) in [6.45, 7) is 0. The summed E-state index contributed by atoms with van der Waals surface area (Å²) in [7, 11) is 0. The van der Waals surface area contributed by atoms with Gasteiger partial charge in [0.2, 0.25) is 0 Å². The average molecular weight is 119 g/mol. The van der Waals surface area contributed by atoms with Gasteiger partial charge < -0.3 is 0 Å². The Kier molecular flexibility index (Phi) is 0.828. The van der Waals surface area contributed by atoms with Crippen molar-refractivity contribution in [2.24, 2.45) is 15.0 Å². The smallest absolute Gasteiger partial charge is 0.115 e. The summed E-state index contributed by atoms with van der Waals surface area (Å²) >= 11 is 0. The molecule has 3 heteroatoms. The fourth-order valence-corrected chi connectivity index (χ4v) is 0.833. The van der Waals surface area contributed by atoms with E-state index in [4.69, 9.17) is 0 Å². The van der Waals surface area contributed by atoms with Gasteiger partial charge in [-0.25, -0.2) is 4.99 Å². The Morgan fingerprint density at radius 1 is 1.44 bits per heavy atom. The number of aliphatic imine (C=N–C) groups is 3. The highest BCUT2D eigenvalue weighted by molar-refractivity contribution is 6.36. The molecule has 2 aliphatic heterocycles. The lowest BCUT2D eigenvalue weighted by atomic mass is 10.2.